The summed E-state index contributed by atoms with van der Waals surface area (Å²) in [5, 5.41) is 0. The molecule has 148 valence electrons. The number of ether oxygens (including phenoxy) is 2. The number of hydrogen-bond acceptors (Lipinski definition) is 6. The van der Waals surface area contributed by atoms with Crippen LogP contribution in [0.1, 0.15) is 5.56 Å². The number of rotatable bonds is 3. The number of methoxy groups -OCH3 is 1. The number of hydrogen-bond donors (Lipinski definition) is 0. The van der Waals surface area contributed by atoms with Crippen LogP contribution in [0.3, 0.4) is 0 Å². The highest BCUT2D eigenvalue weighted by molar-refractivity contribution is 5.68. The first-order valence-electron chi connectivity index (χ1n) is 8.74. The summed E-state index contributed by atoms with van der Waals surface area (Å²) in [6.07, 6.45) is -0.392. The van der Waals surface area contributed by atoms with E-state index in [0.717, 1.165) is 12.1 Å². The van der Waals surface area contributed by atoms with Gasteiger partial charge in [-0.15, -0.1) is 0 Å². The summed E-state index contributed by atoms with van der Waals surface area (Å²) in [5.74, 6) is -1.13. The van der Waals surface area contributed by atoms with E-state index in [4.69, 9.17) is 9.47 Å². The van der Waals surface area contributed by atoms with Crippen molar-refractivity contribution in [2.45, 2.75) is 19.2 Å². The molecular weight excluding hydrogens is 374 g/mol. The summed E-state index contributed by atoms with van der Waals surface area (Å²) < 4.78 is 38.1. The van der Waals surface area contributed by atoms with E-state index in [-0.39, 0.29) is 18.5 Å². The number of halogens is 2. The fourth-order valence-corrected chi connectivity index (χ4v) is 3.56. The number of carbonyl (C=O) groups excluding carboxylic acids is 1. The van der Waals surface area contributed by atoms with Gasteiger partial charge in [-0.3, -0.25) is 4.57 Å². The lowest BCUT2D eigenvalue weighted by molar-refractivity contribution is 0.115. The standard InChI is InChI=1S/C18H18F2N4O4/c1-27-18(26)22-4-5-23-12(8-22)9-24-16(23)7-15(21-17(24)25)28-10-11-2-3-13(19)14(20)6-11/h2-3,6-7,12H,4-5,8-10H2,1H3. The average molecular weight is 392 g/mol. The second-order valence-corrected chi connectivity index (χ2v) is 6.65. The molecule has 1 aromatic carbocycles. The van der Waals surface area contributed by atoms with Gasteiger partial charge in [0.15, 0.2) is 11.6 Å². The Balaban J connectivity index is 1.51. The van der Waals surface area contributed by atoms with Crippen LogP contribution in [0, 0.1) is 11.6 Å². The molecule has 0 spiro atoms. The second-order valence-electron chi connectivity index (χ2n) is 6.65. The first-order chi connectivity index (χ1) is 13.5. The molecular formula is C18H18F2N4O4. The Hall–Kier alpha value is -3.17. The van der Waals surface area contributed by atoms with E-state index in [1.54, 1.807) is 11.0 Å². The summed E-state index contributed by atoms with van der Waals surface area (Å²) >= 11 is 0. The molecule has 1 aromatic heterocycles. The van der Waals surface area contributed by atoms with Gasteiger partial charge < -0.3 is 19.3 Å². The Labute approximate surface area is 158 Å². The number of anilines is 1. The van der Waals surface area contributed by atoms with Crippen molar-refractivity contribution in [2.75, 3.05) is 31.6 Å². The van der Waals surface area contributed by atoms with E-state index < -0.39 is 23.4 Å². The van der Waals surface area contributed by atoms with Crippen LogP contribution in [0.15, 0.2) is 29.1 Å². The zero-order valence-electron chi connectivity index (χ0n) is 15.1. The Kier molecular flexibility index (Phi) is 4.62. The first-order valence-corrected chi connectivity index (χ1v) is 8.74. The predicted octanol–water partition coefficient (Wildman–Crippen LogP) is 1.37. The molecule has 1 unspecified atom stereocenters. The quantitative estimate of drug-likeness (QED) is 0.785. The van der Waals surface area contributed by atoms with Crippen molar-refractivity contribution in [2.24, 2.45) is 0 Å². The topological polar surface area (TPSA) is 76.9 Å². The van der Waals surface area contributed by atoms with Gasteiger partial charge in [-0.05, 0) is 17.7 Å². The van der Waals surface area contributed by atoms with Crippen molar-refractivity contribution in [1.82, 2.24) is 14.5 Å². The summed E-state index contributed by atoms with van der Waals surface area (Å²) in [5.41, 5.74) is -0.0392. The lowest BCUT2D eigenvalue weighted by atomic mass is 10.2. The van der Waals surface area contributed by atoms with E-state index in [2.05, 4.69) is 4.98 Å². The Morgan fingerprint density at radius 3 is 2.79 bits per heavy atom. The zero-order valence-corrected chi connectivity index (χ0v) is 15.1. The number of aromatic nitrogens is 2. The van der Waals surface area contributed by atoms with Crippen LogP contribution in [0.2, 0.25) is 0 Å². The number of benzene rings is 1. The molecule has 2 aromatic rings. The van der Waals surface area contributed by atoms with Crippen LogP contribution in [0.25, 0.3) is 0 Å². The molecule has 1 fully saturated rings. The third-order valence-electron chi connectivity index (χ3n) is 4.94. The van der Waals surface area contributed by atoms with E-state index >= 15 is 0 Å². The highest BCUT2D eigenvalue weighted by Crippen LogP contribution is 2.29. The number of nitrogens with zero attached hydrogens (tertiary/aromatic N) is 4. The molecule has 2 aliphatic rings. The van der Waals surface area contributed by atoms with E-state index in [1.165, 1.54) is 17.7 Å². The second kappa shape index (κ2) is 7.10. The third kappa shape index (κ3) is 3.25. The van der Waals surface area contributed by atoms with Crippen molar-refractivity contribution in [3.05, 3.63) is 51.9 Å². The molecule has 8 nitrogen and oxygen atoms in total. The predicted molar refractivity (Wildman–Crippen MR) is 94.3 cm³/mol. The van der Waals surface area contributed by atoms with Crippen LogP contribution in [-0.2, 0) is 17.9 Å². The van der Waals surface area contributed by atoms with E-state index in [9.17, 15) is 18.4 Å². The first kappa shape index (κ1) is 18.2. The van der Waals surface area contributed by atoms with Gasteiger partial charge in [0, 0.05) is 25.7 Å². The molecule has 0 radical (unpaired) electrons. The summed E-state index contributed by atoms with van der Waals surface area (Å²) in [4.78, 5) is 31.7. The van der Waals surface area contributed by atoms with Crippen molar-refractivity contribution < 1.29 is 23.0 Å². The summed E-state index contributed by atoms with van der Waals surface area (Å²) in [6, 6.07) is 5.06. The van der Waals surface area contributed by atoms with E-state index in [0.29, 0.717) is 37.6 Å². The van der Waals surface area contributed by atoms with Crippen LogP contribution >= 0.6 is 0 Å². The molecule has 10 heteroatoms. The molecule has 0 aliphatic carbocycles. The molecule has 28 heavy (non-hydrogen) atoms. The van der Waals surface area contributed by atoms with Gasteiger partial charge in [0.1, 0.15) is 12.4 Å². The Morgan fingerprint density at radius 1 is 1.21 bits per heavy atom. The van der Waals surface area contributed by atoms with Gasteiger partial charge in [-0.25, -0.2) is 18.4 Å². The minimum absolute atomic E-state index is 0.0490. The maximum absolute atomic E-state index is 13.3. The number of carbonyl (C=O) groups is 1. The maximum atomic E-state index is 13.3. The van der Waals surface area contributed by atoms with Crippen LogP contribution in [-0.4, -0.2) is 53.3 Å². The van der Waals surface area contributed by atoms with Crippen LogP contribution < -0.4 is 15.3 Å². The largest absolute Gasteiger partial charge is 0.473 e. The molecule has 0 saturated carbocycles. The molecule has 3 heterocycles. The molecule has 0 bridgehead atoms. The normalized spacial score (nSPS) is 17.9. The number of fused-ring (bicyclic) bond motifs is 3. The minimum Gasteiger partial charge on any atom is -0.473 e. The molecule has 0 N–H and O–H groups in total. The van der Waals surface area contributed by atoms with Gasteiger partial charge in [-0.2, -0.15) is 4.98 Å². The van der Waals surface area contributed by atoms with Crippen LogP contribution in [0.4, 0.5) is 19.4 Å². The summed E-state index contributed by atoms with van der Waals surface area (Å²) in [6.45, 7) is 1.83. The minimum atomic E-state index is -0.964. The average Bonchev–Trinajstić information content (AvgIpc) is 3.06. The molecule has 1 atom stereocenters. The maximum Gasteiger partial charge on any atom is 0.409 e. The van der Waals surface area contributed by atoms with Crippen LogP contribution in [0.5, 0.6) is 5.88 Å². The van der Waals surface area contributed by atoms with Gasteiger partial charge in [0.05, 0.1) is 19.7 Å². The van der Waals surface area contributed by atoms with Crippen molar-refractivity contribution in [1.29, 1.82) is 0 Å². The van der Waals surface area contributed by atoms with Gasteiger partial charge in [-0.1, -0.05) is 6.07 Å². The number of amides is 1. The molecule has 1 amide bonds. The Bertz CT molecular complexity index is 981. The highest BCUT2D eigenvalue weighted by atomic mass is 19.2. The third-order valence-corrected chi connectivity index (χ3v) is 4.94. The zero-order chi connectivity index (χ0) is 19.8. The van der Waals surface area contributed by atoms with E-state index in [1.807, 2.05) is 4.90 Å². The molecule has 2 aliphatic heterocycles. The monoisotopic (exact) mass is 392 g/mol. The molecule has 1 saturated heterocycles. The summed E-state index contributed by atoms with van der Waals surface area (Å²) in [7, 11) is 1.34. The van der Waals surface area contributed by atoms with Gasteiger partial charge >= 0.3 is 11.8 Å². The lowest BCUT2D eigenvalue weighted by Crippen LogP contribution is -2.53. The van der Waals surface area contributed by atoms with Gasteiger partial charge in [0.25, 0.3) is 0 Å². The Morgan fingerprint density at radius 2 is 2.04 bits per heavy atom. The molecule has 4 rings (SSSR count). The highest BCUT2D eigenvalue weighted by Gasteiger charge is 2.37. The smallest absolute Gasteiger partial charge is 0.409 e. The SMILES string of the molecule is COC(=O)N1CCN2c3cc(OCc4ccc(F)c(F)c4)nc(=O)n3CC2C1. The van der Waals surface area contributed by atoms with Gasteiger partial charge in [0.2, 0.25) is 5.88 Å². The lowest BCUT2D eigenvalue weighted by Gasteiger charge is -2.37. The van der Waals surface area contributed by atoms with Crippen molar-refractivity contribution in [3.63, 3.8) is 0 Å². The van der Waals surface area contributed by atoms with Crippen molar-refractivity contribution >= 4 is 11.9 Å². The fraction of sp³-hybridized carbons (Fsp3) is 0.389. The van der Waals surface area contributed by atoms with Crippen molar-refractivity contribution in [3.8, 4) is 5.88 Å². The number of piperazine rings is 1. The fourth-order valence-electron chi connectivity index (χ4n) is 3.56.